The SMILES string of the molecule is CC1OC(OC2C(OCc3ccccc3)OC(C)C(OCc3ccccc3)C2OCc2ccccc2)C(O)C(O)C1O. The van der Waals surface area contributed by atoms with Crippen molar-refractivity contribution in [3.05, 3.63) is 108 Å². The van der Waals surface area contributed by atoms with Crippen molar-refractivity contribution in [3.63, 3.8) is 0 Å². The van der Waals surface area contributed by atoms with Crippen molar-refractivity contribution in [1.82, 2.24) is 0 Å². The number of ether oxygens (including phenoxy) is 6. The number of aliphatic hydroxyl groups is 3. The maximum Gasteiger partial charge on any atom is 0.187 e. The highest BCUT2D eigenvalue weighted by molar-refractivity contribution is 5.15. The van der Waals surface area contributed by atoms with E-state index >= 15 is 0 Å². The van der Waals surface area contributed by atoms with E-state index in [1.165, 1.54) is 0 Å². The molecular weight excluding hydrogens is 540 g/mol. The molecule has 0 amide bonds. The van der Waals surface area contributed by atoms with Gasteiger partial charge in [0.05, 0.1) is 32.0 Å². The van der Waals surface area contributed by atoms with Crippen LogP contribution in [0.15, 0.2) is 91.0 Å². The lowest BCUT2D eigenvalue weighted by Gasteiger charge is -2.47. The molecule has 3 aromatic rings. The van der Waals surface area contributed by atoms with Gasteiger partial charge in [0.15, 0.2) is 12.6 Å². The fourth-order valence-corrected chi connectivity index (χ4v) is 5.24. The second-order valence-electron chi connectivity index (χ2n) is 10.8. The molecule has 2 heterocycles. The molecule has 0 saturated carbocycles. The highest BCUT2D eigenvalue weighted by atomic mass is 16.8. The van der Waals surface area contributed by atoms with Crippen molar-refractivity contribution in [2.75, 3.05) is 0 Å². The number of hydrogen-bond donors (Lipinski definition) is 3. The van der Waals surface area contributed by atoms with Crippen LogP contribution < -0.4 is 0 Å². The zero-order valence-corrected chi connectivity index (χ0v) is 23.8. The van der Waals surface area contributed by atoms with Crippen LogP contribution in [0.3, 0.4) is 0 Å². The first-order valence-corrected chi connectivity index (χ1v) is 14.4. The van der Waals surface area contributed by atoms with Gasteiger partial charge in [0, 0.05) is 0 Å². The molecule has 0 radical (unpaired) electrons. The molecule has 5 rings (SSSR count). The largest absolute Gasteiger partial charge is 0.388 e. The smallest absolute Gasteiger partial charge is 0.187 e. The van der Waals surface area contributed by atoms with E-state index in [1.807, 2.05) is 97.9 Å². The summed E-state index contributed by atoms with van der Waals surface area (Å²) < 4.78 is 37.7. The maximum atomic E-state index is 10.8. The summed E-state index contributed by atoms with van der Waals surface area (Å²) in [7, 11) is 0. The van der Waals surface area contributed by atoms with Gasteiger partial charge in [-0.05, 0) is 30.5 Å². The van der Waals surface area contributed by atoms with Crippen LogP contribution in [0.4, 0.5) is 0 Å². The zero-order chi connectivity index (χ0) is 29.5. The second kappa shape index (κ2) is 14.7. The standard InChI is InChI=1S/C33H40O9/c1-21-26(34)27(35)28(36)32(40-21)42-31-30(38-19-24-14-8-4-9-15-24)29(37-18-23-12-6-3-7-13-23)22(2)41-33(31)39-20-25-16-10-5-11-17-25/h3-17,21-22,26-36H,18-20H2,1-2H3. The van der Waals surface area contributed by atoms with E-state index in [2.05, 4.69) is 0 Å². The molecule has 0 bridgehead atoms. The summed E-state index contributed by atoms with van der Waals surface area (Å²) in [6.45, 7) is 4.33. The first kappa shape index (κ1) is 30.7. The second-order valence-corrected chi connectivity index (χ2v) is 10.8. The molecule has 10 unspecified atom stereocenters. The highest BCUT2D eigenvalue weighted by Crippen LogP contribution is 2.33. The molecule has 42 heavy (non-hydrogen) atoms. The quantitative estimate of drug-likeness (QED) is 0.314. The molecule has 9 heteroatoms. The average molecular weight is 581 g/mol. The molecule has 10 atom stereocenters. The van der Waals surface area contributed by atoms with E-state index in [-0.39, 0.29) is 13.2 Å². The topological polar surface area (TPSA) is 116 Å². The number of rotatable bonds is 11. The average Bonchev–Trinajstić information content (AvgIpc) is 3.02. The minimum absolute atomic E-state index is 0.241. The summed E-state index contributed by atoms with van der Waals surface area (Å²) >= 11 is 0. The number of aliphatic hydroxyl groups excluding tert-OH is 3. The van der Waals surface area contributed by atoms with Crippen molar-refractivity contribution >= 4 is 0 Å². The number of hydrogen-bond acceptors (Lipinski definition) is 9. The Morgan fingerprint density at radius 3 is 1.48 bits per heavy atom. The Balaban J connectivity index is 1.43. The third-order valence-corrected chi connectivity index (χ3v) is 7.65. The van der Waals surface area contributed by atoms with E-state index in [9.17, 15) is 15.3 Å². The molecule has 0 spiro atoms. The lowest BCUT2D eigenvalue weighted by Crippen LogP contribution is -2.64. The van der Waals surface area contributed by atoms with Crippen LogP contribution in [0.5, 0.6) is 0 Å². The van der Waals surface area contributed by atoms with Crippen molar-refractivity contribution < 1.29 is 43.7 Å². The Morgan fingerprint density at radius 1 is 0.500 bits per heavy atom. The van der Waals surface area contributed by atoms with E-state index in [4.69, 9.17) is 28.4 Å². The van der Waals surface area contributed by atoms with E-state index < -0.39 is 61.4 Å². The first-order valence-electron chi connectivity index (χ1n) is 14.4. The number of benzene rings is 3. The molecule has 0 aliphatic carbocycles. The van der Waals surface area contributed by atoms with Crippen LogP contribution in [-0.2, 0) is 48.2 Å². The van der Waals surface area contributed by atoms with E-state index in [1.54, 1.807) is 6.92 Å². The summed E-state index contributed by atoms with van der Waals surface area (Å²) in [5, 5.41) is 31.5. The van der Waals surface area contributed by atoms with Gasteiger partial charge in [-0.3, -0.25) is 0 Å². The lowest BCUT2D eigenvalue weighted by atomic mass is 9.97. The van der Waals surface area contributed by atoms with Gasteiger partial charge in [0.2, 0.25) is 0 Å². The Labute approximate surface area is 246 Å². The minimum atomic E-state index is -1.51. The molecule has 9 nitrogen and oxygen atoms in total. The molecule has 2 saturated heterocycles. The summed E-state index contributed by atoms with van der Waals surface area (Å²) in [5.74, 6) is 0. The van der Waals surface area contributed by atoms with Crippen molar-refractivity contribution in [3.8, 4) is 0 Å². The molecule has 3 aromatic carbocycles. The monoisotopic (exact) mass is 580 g/mol. The molecular formula is C33H40O9. The Kier molecular flexibility index (Phi) is 10.7. The van der Waals surface area contributed by atoms with Gasteiger partial charge >= 0.3 is 0 Å². The highest BCUT2D eigenvalue weighted by Gasteiger charge is 2.51. The van der Waals surface area contributed by atoms with Gasteiger partial charge in [-0.15, -0.1) is 0 Å². The molecule has 2 aliphatic rings. The van der Waals surface area contributed by atoms with Crippen LogP contribution in [-0.4, -0.2) is 76.7 Å². The van der Waals surface area contributed by atoms with Gasteiger partial charge in [-0.1, -0.05) is 91.0 Å². The lowest BCUT2D eigenvalue weighted by molar-refractivity contribution is -0.370. The van der Waals surface area contributed by atoms with Crippen LogP contribution in [0.2, 0.25) is 0 Å². The summed E-state index contributed by atoms with van der Waals surface area (Å²) in [4.78, 5) is 0. The van der Waals surface area contributed by atoms with Crippen molar-refractivity contribution in [2.24, 2.45) is 0 Å². The van der Waals surface area contributed by atoms with Gasteiger partial charge in [0.25, 0.3) is 0 Å². The van der Waals surface area contributed by atoms with Crippen molar-refractivity contribution in [2.45, 2.75) is 95.1 Å². The van der Waals surface area contributed by atoms with Gasteiger partial charge in [-0.2, -0.15) is 0 Å². The van der Waals surface area contributed by atoms with Crippen LogP contribution in [0, 0.1) is 0 Å². The predicted octanol–water partition coefficient (Wildman–Crippen LogP) is 3.33. The van der Waals surface area contributed by atoms with E-state index in [0.29, 0.717) is 6.61 Å². The summed E-state index contributed by atoms with van der Waals surface area (Å²) in [6.07, 6.45) is -9.88. The minimum Gasteiger partial charge on any atom is -0.388 e. The molecule has 3 N–H and O–H groups in total. The Morgan fingerprint density at radius 2 is 0.952 bits per heavy atom. The first-order chi connectivity index (χ1) is 20.4. The van der Waals surface area contributed by atoms with Crippen LogP contribution in [0.25, 0.3) is 0 Å². The van der Waals surface area contributed by atoms with Crippen LogP contribution in [0.1, 0.15) is 30.5 Å². The fourth-order valence-electron chi connectivity index (χ4n) is 5.24. The fraction of sp³-hybridized carbons (Fsp3) is 0.455. The Hall–Kier alpha value is -2.70. The van der Waals surface area contributed by atoms with Gasteiger partial charge < -0.3 is 43.7 Å². The molecule has 0 aromatic heterocycles. The third kappa shape index (κ3) is 7.62. The van der Waals surface area contributed by atoms with Crippen molar-refractivity contribution in [1.29, 1.82) is 0 Å². The maximum absolute atomic E-state index is 10.8. The summed E-state index contributed by atoms with van der Waals surface area (Å²) in [6, 6.07) is 29.2. The van der Waals surface area contributed by atoms with Crippen LogP contribution >= 0.6 is 0 Å². The van der Waals surface area contributed by atoms with Gasteiger partial charge in [0.1, 0.15) is 36.6 Å². The normalized spacial score (nSPS) is 33.4. The zero-order valence-electron chi connectivity index (χ0n) is 23.8. The Bertz CT molecular complexity index is 1200. The summed E-state index contributed by atoms with van der Waals surface area (Å²) in [5.41, 5.74) is 2.89. The molecule has 2 fully saturated rings. The predicted molar refractivity (Wildman–Crippen MR) is 153 cm³/mol. The molecule has 226 valence electrons. The molecule has 2 aliphatic heterocycles. The van der Waals surface area contributed by atoms with E-state index in [0.717, 1.165) is 16.7 Å². The third-order valence-electron chi connectivity index (χ3n) is 7.65. The van der Waals surface area contributed by atoms with Gasteiger partial charge in [-0.25, -0.2) is 0 Å².